The summed E-state index contributed by atoms with van der Waals surface area (Å²) < 4.78 is 0. The molecule has 26 heavy (non-hydrogen) atoms. The van der Waals surface area contributed by atoms with Crippen molar-refractivity contribution in [2.24, 2.45) is 29.6 Å². The zero-order chi connectivity index (χ0) is 18.3. The van der Waals surface area contributed by atoms with Gasteiger partial charge in [-0.25, -0.2) is 0 Å². The monoisotopic (exact) mass is 373 g/mol. The van der Waals surface area contributed by atoms with E-state index in [1.165, 1.54) is 56.9 Å². The van der Waals surface area contributed by atoms with Crippen LogP contribution >= 0.6 is 11.6 Å². The molecule has 6 atom stereocenters. The molecule has 0 aliphatic heterocycles. The lowest BCUT2D eigenvalue weighted by atomic mass is 9.50. The van der Waals surface area contributed by atoms with Crippen molar-refractivity contribution in [1.82, 2.24) is 5.32 Å². The molecule has 0 radical (unpaired) electrons. The lowest BCUT2D eigenvalue weighted by Gasteiger charge is -2.56. The van der Waals surface area contributed by atoms with Gasteiger partial charge in [0, 0.05) is 16.5 Å². The molecule has 4 rings (SSSR count). The second-order valence-corrected chi connectivity index (χ2v) is 10.2. The molecular weight excluding hydrogens is 338 g/mol. The fourth-order valence-corrected chi connectivity index (χ4v) is 6.04. The van der Waals surface area contributed by atoms with Crippen LogP contribution in [0, 0.1) is 29.6 Å². The third kappa shape index (κ3) is 3.59. The maximum atomic E-state index is 6.22. The topological polar surface area (TPSA) is 12.0 Å². The number of hydrogen-bond acceptors (Lipinski definition) is 1. The Morgan fingerprint density at radius 3 is 2.38 bits per heavy atom. The zero-order valence-electron chi connectivity index (χ0n) is 16.8. The maximum absolute atomic E-state index is 6.22. The van der Waals surface area contributed by atoms with E-state index in [-0.39, 0.29) is 0 Å². The Bertz CT molecular complexity index is 607. The van der Waals surface area contributed by atoms with Crippen LogP contribution in [-0.2, 0) is 5.41 Å². The maximum Gasteiger partial charge on any atom is 0.0406 e. The highest BCUT2D eigenvalue weighted by Gasteiger charge is 2.59. The first-order chi connectivity index (χ1) is 12.5. The van der Waals surface area contributed by atoms with Crippen LogP contribution in [0.15, 0.2) is 24.3 Å². The molecule has 144 valence electrons. The molecule has 3 saturated carbocycles. The van der Waals surface area contributed by atoms with Gasteiger partial charge in [-0.15, -0.1) is 0 Å². The van der Waals surface area contributed by atoms with E-state index in [2.05, 4.69) is 50.5 Å². The average Bonchev–Trinajstić information content (AvgIpc) is 3.52. The summed E-state index contributed by atoms with van der Waals surface area (Å²) in [5.41, 5.74) is 1.86. The summed E-state index contributed by atoms with van der Waals surface area (Å²) in [7, 11) is 2.20. The van der Waals surface area contributed by atoms with Gasteiger partial charge >= 0.3 is 0 Å². The van der Waals surface area contributed by atoms with Gasteiger partial charge in [0.15, 0.2) is 0 Å². The second-order valence-electron chi connectivity index (χ2n) is 9.77. The summed E-state index contributed by atoms with van der Waals surface area (Å²) in [5.74, 6) is 4.59. The van der Waals surface area contributed by atoms with Crippen LogP contribution in [0.4, 0.5) is 0 Å². The molecule has 1 N–H and O–H groups in total. The van der Waals surface area contributed by atoms with Crippen molar-refractivity contribution >= 4 is 11.6 Å². The van der Waals surface area contributed by atoms with Crippen LogP contribution in [0.2, 0.25) is 5.02 Å². The number of halogens is 1. The fraction of sp³-hybridized carbons (Fsp3) is 0.750. The summed E-state index contributed by atoms with van der Waals surface area (Å²) >= 11 is 6.22. The Balaban J connectivity index is 1.55. The molecule has 3 aliphatic rings. The van der Waals surface area contributed by atoms with Crippen LogP contribution in [0.25, 0.3) is 0 Å². The number of benzene rings is 1. The Kier molecular flexibility index (Phi) is 5.41. The highest BCUT2D eigenvalue weighted by atomic mass is 35.5. The van der Waals surface area contributed by atoms with Gasteiger partial charge in [-0.1, -0.05) is 63.3 Å². The van der Waals surface area contributed by atoms with Crippen molar-refractivity contribution in [1.29, 1.82) is 0 Å². The first-order valence-corrected chi connectivity index (χ1v) is 11.4. The van der Waals surface area contributed by atoms with E-state index < -0.39 is 0 Å². The Morgan fingerprint density at radius 1 is 1.19 bits per heavy atom. The molecule has 0 bridgehead atoms. The first kappa shape index (κ1) is 18.8. The van der Waals surface area contributed by atoms with E-state index in [1.54, 1.807) is 0 Å². The first-order valence-electron chi connectivity index (χ1n) is 11.0. The molecule has 3 fully saturated rings. The van der Waals surface area contributed by atoms with Gasteiger partial charge in [0.2, 0.25) is 0 Å². The summed E-state index contributed by atoms with van der Waals surface area (Å²) in [6.45, 7) is 4.93. The van der Waals surface area contributed by atoms with E-state index in [0.717, 1.165) is 34.6 Å². The SMILES string of the molecule is CNC(CC(C)CCC1CC1)C1(c2ccc(Cl)cc2)CCC1[C@@H]1CC1C. The third-order valence-corrected chi connectivity index (χ3v) is 8.23. The summed E-state index contributed by atoms with van der Waals surface area (Å²) in [4.78, 5) is 0. The average molecular weight is 374 g/mol. The van der Waals surface area contributed by atoms with Gasteiger partial charge < -0.3 is 5.32 Å². The quantitative estimate of drug-likeness (QED) is 0.524. The van der Waals surface area contributed by atoms with Crippen molar-refractivity contribution in [3.8, 4) is 0 Å². The standard InChI is InChI=1S/C24H36ClN/c1-16(4-5-18-6-7-18)14-23(26-3)24(19-8-10-20(25)11-9-19)13-12-22(24)21-15-17(21)2/h8-11,16-18,21-23,26H,4-7,12-15H2,1-3H3/t16?,17?,21-,22?,23?,24?/m1/s1. The molecule has 3 aliphatic carbocycles. The van der Waals surface area contributed by atoms with Gasteiger partial charge in [-0.2, -0.15) is 0 Å². The smallest absolute Gasteiger partial charge is 0.0406 e. The number of hydrogen-bond donors (Lipinski definition) is 1. The zero-order valence-corrected chi connectivity index (χ0v) is 17.6. The molecular formula is C24H36ClN. The second kappa shape index (κ2) is 7.47. The molecule has 5 unspecified atom stereocenters. The minimum absolute atomic E-state index is 0.322. The summed E-state index contributed by atoms with van der Waals surface area (Å²) in [5, 5.41) is 4.65. The molecule has 0 heterocycles. The Morgan fingerprint density at radius 2 is 1.88 bits per heavy atom. The lowest BCUT2D eigenvalue weighted by Crippen LogP contribution is -2.59. The van der Waals surface area contributed by atoms with Gasteiger partial charge in [0.1, 0.15) is 0 Å². The van der Waals surface area contributed by atoms with Crippen LogP contribution in [0.3, 0.4) is 0 Å². The molecule has 0 saturated heterocycles. The highest BCUT2D eigenvalue weighted by molar-refractivity contribution is 6.30. The van der Waals surface area contributed by atoms with Crippen LogP contribution in [0.5, 0.6) is 0 Å². The van der Waals surface area contributed by atoms with Crippen molar-refractivity contribution in [3.63, 3.8) is 0 Å². The fourth-order valence-electron chi connectivity index (χ4n) is 5.91. The van der Waals surface area contributed by atoms with E-state index >= 15 is 0 Å². The minimum atomic E-state index is 0.322. The highest BCUT2D eigenvalue weighted by Crippen LogP contribution is 2.62. The van der Waals surface area contributed by atoms with E-state index in [1.807, 2.05) is 0 Å². The number of nitrogens with one attached hydrogen (secondary N) is 1. The predicted molar refractivity (Wildman–Crippen MR) is 112 cm³/mol. The van der Waals surface area contributed by atoms with Crippen molar-refractivity contribution < 1.29 is 0 Å². The van der Waals surface area contributed by atoms with E-state index in [4.69, 9.17) is 11.6 Å². The molecule has 1 nitrogen and oxygen atoms in total. The number of likely N-dealkylation sites (N-methyl/N-ethyl adjacent to an activating group) is 1. The Hall–Kier alpha value is -0.530. The van der Waals surface area contributed by atoms with Gasteiger partial charge in [0.25, 0.3) is 0 Å². The predicted octanol–water partition coefficient (Wildman–Crippen LogP) is 6.45. The van der Waals surface area contributed by atoms with Crippen molar-refractivity contribution in [2.75, 3.05) is 7.05 Å². The minimum Gasteiger partial charge on any atom is -0.316 e. The molecule has 0 spiro atoms. The Labute approximate surface area is 165 Å². The molecule has 2 heteroatoms. The van der Waals surface area contributed by atoms with E-state index in [9.17, 15) is 0 Å². The van der Waals surface area contributed by atoms with E-state index in [0.29, 0.717) is 11.5 Å². The molecule has 1 aromatic rings. The van der Waals surface area contributed by atoms with Gasteiger partial charge in [-0.3, -0.25) is 0 Å². The van der Waals surface area contributed by atoms with Crippen molar-refractivity contribution in [2.45, 2.75) is 76.7 Å². The lowest BCUT2D eigenvalue weighted by molar-refractivity contribution is 0.0443. The normalized spacial score (nSPS) is 35.6. The summed E-state index contributed by atoms with van der Waals surface area (Å²) in [6.07, 6.45) is 11.3. The van der Waals surface area contributed by atoms with Gasteiger partial charge in [-0.05, 0) is 80.0 Å². The third-order valence-electron chi connectivity index (χ3n) is 7.97. The van der Waals surface area contributed by atoms with Gasteiger partial charge in [0.05, 0.1) is 0 Å². The van der Waals surface area contributed by atoms with Crippen LogP contribution in [-0.4, -0.2) is 13.1 Å². The number of rotatable bonds is 9. The molecule has 0 aromatic heterocycles. The largest absolute Gasteiger partial charge is 0.316 e. The molecule has 1 aromatic carbocycles. The van der Waals surface area contributed by atoms with Crippen molar-refractivity contribution in [3.05, 3.63) is 34.9 Å². The summed E-state index contributed by atoms with van der Waals surface area (Å²) in [6, 6.07) is 9.44. The van der Waals surface area contributed by atoms with Crippen LogP contribution in [0.1, 0.15) is 70.8 Å². The molecule has 0 amide bonds. The van der Waals surface area contributed by atoms with Crippen LogP contribution < -0.4 is 5.32 Å².